The number of benzene rings is 1. The van der Waals surface area contributed by atoms with Crippen LogP contribution in [-0.2, 0) is 21.1 Å². The van der Waals surface area contributed by atoms with Crippen molar-refractivity contribution < 1.29 is 22.0 Å². The SMILES string of the molecule is CC1CCCCN1C(=O)Cc1ccc(S(=O)(=O)C(F)F)cc1. The Morgan fingerprint density at radius 3 is 2.45 bits per heavy atom. The zero-order valence-electron chi connectivity index (χ0n) is 12.3. The molecule has 1 unspecified atom stereocenters. The second kappa shape index (κ2) is 6.73. The van der Waals surface area contributed by atoms with Crippen molar-refractivity contribution in [1.29, 1.82) is 0 Å². The number of hydrogen-bond acceptors (Lipinski definition) is 3. The first-order chi connectivity index (χ1) is 10.3. The smallest absolute Gasteiger partial charge is 0.340 e. The van der Waals surface area contributed by atoms with E-state index in [0.29, 0.717) is 5.56 Å². The lowest BCUT2D eigenvalue weighted by molar-refractivity contribution is -0.133. The molecule has 22 heavy (non-hydrogen) atoms. The second-order valence-corrected chi connectivity index (χ2v) is 7.48. The summed E-state index contributed by atoms with van der Waals surface area (Å²) in [5.74, 6) is -3.45. The largest absolute Gasteiger partial charge is 0.341 e. The van der Waals surface area contributed by atoms with Crippen molar-refractivity contribution in [3.8, 4) is 0 Å². The fraction of sp³-hybridized carbons (Fsp3) is 0.533. The van der Waals surface area contributed by atoms with Crippen molar-refractivity contribution in [2.24, 2.45) is 0 Å². The number of alkyl halides is 2. The fourth-order valence-electron chi connectivity index (χ4n) is 2.64. The van der Waals surface area contributed by atoms with Crippen molar-refractivity contribution in [3.05, 3.63) is 29.8 Å². The maximum atomic E-state index is 12.4. The van der Waals surface area contributed by atoms with E-state index in [2.05, 4.69) is 0 Å². The van der Waals surface area contributed by atoms with Gasteiger partial charge in [-0.15, -0.1) is 0 Å². The number of carbonyl (C=O) groups excluding carboxylic acids is 1. The summed E-state index contributed by atoms with van der Waals surface area (Å²) in [6.07, 6.45) is 3.24. The Morgan fingerprint density at radius 1 is 1.27 bits per heavy atom. The fourth-order valence-corrected chi connectivity index (χ4v) is 3.37. The van der Waals surface area contributed by atoms with E-state index in [1.54, 1.807) is 0 Å². The first-order valence-corrected chi connectivity index (χ1v) is 8.77. The molecule has 1 aromatic rings. The molecule has 4 nitrogen and oxygen atoms in total. The highest BCUT2D eigenvalue weighted by atomic mass is 32.2. The van der Waals surface area contributed by atoms with Crippen molar-refractivity contribution in [2.45, 2.75) is 49.3 Å². The van der Waals surface area contributed by atoms with Gasteiger partial charge in [0, 0.05) is 12.6 Å². The molecule has 1 heterocycles. The Balaban J connectivity index is 2.07. The van der Waals surface area contributed by atoms with Crippen LogP contribution in [0.5, 0.6) is 0 Å². The standard InChI is InChI=1S/C15H19F2NO3S/c1-11-4-2-3-9-18(11)14(19)10-12-5-7-13(8-6-12)22(20,21)15(16)17/h5-8,11,15H,2-4,9-10H2,1H3. The summed E-state index contributed by atoms with van der Waals surface area (Å²) in [4.78, 5) is 13.7. The molecule has 1 aliphatic rings. The van der Waals surface area contributed by atoms with Gasteiger partial charge in [-0.3, -0.25) is 4.79 Å². The Morgan fingerprint density at radius 2 is 1.91 bits per heavy atom. The first kappa shape index (κ1) is 16.9. The molecule has 2 rings (SSSR count). The van der Waals surface area contributed by atoms with Crippen LogP contribution >= 0.6 is 0 Å². The third-order valence-corrected chi connectivity index (χ3v) is 5.36. The highest BCUT2D eigenvalue weighted by Crippen LogP contribution is 2.20. The molecule has 0 N–H and O–H groups in total. The van der Waals surface area contributed by atoms with E-state index in [1.165, 1.54) is 12.1 Å². The van der Waals surface area contributed by atoms with Gasteiger partial charge in [0.1, 0.15) is 0 Å². The van der Waals surface area contributed by atoms with Gasteiger partial charge in [0.2, 0.25) is 15.7 Å². The lowest BCUT2D eigenvalue weighted by atomic mass is 10.0. The molecule has 1 aliphatic heterocycles. The quantitative estimate of drug-likeness (QED) is 0.852. The average Bonchev–Trinajstić information content (AvgIpc) is 2.48. The van der Waals surface area contributed by atoms with Crippen LogP contribution in [0.2, 0.25) is 0 Å². The van der Waals surface area contributed by atoms with Crippen LogP contribution in [-0.4, -0.2) is 37.6 Å². The molecule has 1 atom stereocenters. The summed E-state index contributed by atoms with van der Waals surface area (Å²) in [6.45, 7) is 2.74. The van der Waals surface area contributed by atoms with E-state index in [-0.39, 0.29) is 18.4 Å². The monoisotopic (exact) mass is 331 g/mol. The molecular weight excluding hydrogens is 312 g/mol. The number of carbonyl (C=O) groups is 1. The van der Waals surface area contributed by atoms with Gasteiger partial charge in [0.25, 0.3) is 0 Å². The van der Waals surface area contributed by atoms with Crippen LogP contribution in [0.4, 0.5) is 8.78 Å². The predicted octanol–water partition coefficient (Wildman–Crippen LogP) is 2.63. The summed E-state index contributed by atoms with van der Waals surface area (Å²) >= 11 is 0. The molecule has 0 spiro atoms. The number of likely N-dealkylation sites (tertiary alicyclic amines) is 1. The van der Waals surface area contributed by atoms with E-state index < -0.39 is 20.5 Å². The van der Waals surface area contributed by atoms with Crippen LogP contribution in [0, 0.1) is 0 Å². The summed E-state index contributed by atoms with van der Waals surface area (Å²) in [5, 5.41) is 0. The van der Waals surface area contributed by atoms with Gasteiger partial charge < -0.3 is 4.90 Å². The van der Waals surface area contributed by atoms with Crippen LogP contribution in [0.1, 0.15) is 31.7 Å². The summed E-state index contributed by atoms with van der Waals surface area (Å²) in [7, 11) is -4.58. The molecule has 1 saturated heterocycles. The zero-order valence-corrected chi connectivity index (χ0v) is 13.2. The molecule has 0 aromatic heterocycles. The number of rotatable bonds is 4. The molecule has 0 saturated carbocycles. The number of amides is 1. The Bertz CT molecular complexity index is 629. The summed E-state index contributed by atoms with van der Waals surface area (Å²) in [5.41, 5.74) is 0.621. The van der Waals surface area contributed by atoms with Crippen molar-refractivity contribution >= 4 is 15.7 Å². The third-order valence-electron chi connectivity index (χ3n) is 3.97. The number of sulfone groups is 1. The highest BCUT2D eigenvalue weighted by Gasteiger charge is 2.27. The van der Waals surface area contributed by atoms with E-state index in [9.17, 15) is 22.0 Å². The molecule has 122 valence electrons. The lowest BCUT2D eigenvalue weighted by Gasteiger charge is -2.33. The topological polar surface area (TPSA) is 54.5 Å². The van der Waals surface area contributed by atoms with Gasteiger partial charge in [-0.2, -0.15) is 8.78 Å². The van der Waals surface area contributed by atoms with Gasteiger partial charge in [-0.05, 0) is 43.9 Å². The Kier molecular flexibility index (Phi) is 5.16. The molecule has 1 fully saturated rings. The minimum Gasteiger partial charge on any atom is -0.340 e. The van der Waals surface area contributed by atoms with Crippen LogP contribution < -0.4 is 0 Å². The van der Waals surface area contributed by atoms with Gasteiger partial charge >= 0.3 is 5.76 Å². The minimum atomic E-state index is -4.58. The molecule has 7 heteroatoms. The number of hydrogen-bond donors (Lipinski definition) is 0. The van der Waals surface area contributed by atoms with Crippen LogP contribution in [0.25, 0.3) is 0 Å². The van der Waals surface area contributed by atoms with Crippen molar-refractivity contribution in [3.63, 3.8) is 0 Å². The van der Waals surface area contributed by atoms with Gasteiger partial charge in [-0.25, -0.2) is 8.42 Å². The highest BCUT2D eigenvalue weighted by molar-refractivity contribution is 7.91. The van der Waals surface area contributed by atoms with E-state index in [0.717, 1.165) is 37.9 Å². The first-order valence-electron chi connectivity index (χ1n) is 7.23. The van der Waals surface area contributed by atoms with Crippen LogP contribution in [0.15, 0.2) is 29.2 Å². The predicted molar refractivity (Wildman–Crippen MR) is 78.4 cm³/mol. The maximum Gasteiger partial charge on any atom is 0.341 e. The normalized spacial score (nSPS) is 19.5. The second-order valence-electron chi connectivity index (χ2n) is 5.56. The number of piperidine rings is 1. The van der Waals surface area contributed by atoms with Crippen molar-refractivity contribution in [1.82, 2.24) is 4.90 Å². The number of halogens is 2. The molecular formula is C15H19F2NO3S. The Labute approximate surface area is 129 Å². The molecule has 0 bridgehead atoms. The van der Waals surface area contributed by atoms with E-state index >= 15 is 0 Å². The van der Waals surface area contributed by atoms with Gasteiger partial charge in [0.05, 0.1) is 11.3 Å². The molecule has 0 radical (unpaired) electrons. The third kappa shape index (κ3) is 3.63. The van der Waals surface area contributed by atoms with Crippen LogP contribution in [0.3, 0.4) is 0 Å². The average molecular weight is 331 g/mol. The zero-order chi connectivity index (χ0) is 16.3. The van der Waals surface area contributed by atoms with Crippen molar-refractivity contribution in [2.75, 3.05) is 6.54 Å². The Hall–Kier alpha value is -1.50. The summed E-state index contributed by atoms with van der Waals surface area (Å²) in [6, 6.07) is 5.30. The summed E-state index contributed by atoms with van der Waals surface area (Å²) < 4.78 is 47.6. The molecule has 0 aliphatic carbocycles. The lowest BCUT2D eigenvalue weighted by Crippen LogP contribution is -2.42. The van der Waals surface area contributed by atoms with E-state index in [4.69, 9.17) is 0 Å². The maximum absolute atomic E-state index is 12.4. The minimum absolute atomic E-state index is 0.0170. The molecule has 1 amide bonds. The van der Waals surface area contributed by atoms with Gasteiger partial charge in [-0.1, -0.05) is 12.1 Å². The van der Waals surface area contributed by atoms with Gasteiger partial charge in [0.15, 0.2) is 0 Å². The molecule has 1 aromatic carbocycles. The van der Waals surface area contributed by atoms with E-state index in [1.807, 2.05) is 11.8 Å². The number of nitrogens with zero attached hydrogens (tertiary/aromatic N) is 1.